The molecule has 6 heteroatoms. The third kappa shape index (κ3) is 2.74. The first-order chi connectivity index (χ1) is 7.19. The molecule has 0 radical (unpaired) electrons. The fourth-order valence-corrected chi connectivity index (χ4v) is 3.09. The van der Waals surface area contributed by atoms with Crippen LogP contribution in [0.2, 0.25) is 0 Å². The zero-order valence-electron chi connectivity index (χ0n) is 10.7. The van der Waals surface area contributed by atoms with E-state index in [4.69, 9.17) is 4.74 Å². The van der Waals surface area contributed by atoms with E-state index in [-0.39, 0.29) is 11.5 Å². The van der Waals surface area contributed by atoms with Crippen molar-refractivity contribution in [1.82, 2.24) is 8.61 Å². The second kappa shape index (κ2) is 4.60. The third-order valence-corrected chi connectivity index (χ3v) is 5.06. The molecular formula is C10H22N2O3S. The van der Waals surface area contributed by atoms with E-state index in [0.717, 1.165) is 0 Å². The molecule has 1 rings (SSSR count). The van der Waals surface area contributed by atoms with Crippen LogP contribution in [0.25, 0.3) is 0 Å². The lowest BCUT2D eigenvalue weighted by Gasteiger charge is -2.41. The summed E-state index contributed by atoms with van der Waals surface area (Å²) in [6.07, 6.45) is 0. The molecule has 0 aromatic rings. The van der Waals surface area contributed by atoms with Gasteiger partial charge >= 0.3 is 0 Å². The van der Waals surface area contributed by atoms with E-state index in [2.05, 4.69) is 0 Å². The van der Waals surface area contributed by atoms with Crippen LogP contribution in [0.4, 0.5) is 0 Å². The van der Waals surface area contributed by atoms with Crippen LogP contribution < -0.4 is 0 Å². The van der Waals surface area contributed by atoms with Crippen molar-refractivity contribution < 1.29 is 13.2 Å². The highest BCUT2D eigenvalue weighted by Gasteiger charge is 2.38. The summed E-state index contributed by atoms with van der Waals surface area (Å²) in [6, 6.07) is -0.0297. The molecule has 0 saturated carbocycles. The Kier molecular flexibility index (Phi) is 3.99. The molecule has 96 valence electrons. The lowest BCUT2D eigenvalue weighted by molar-refractivity contribution is -0.106. The van der Waals surface area contributed by atoms with Crippen molar-refractivity contribution in [2.24, 2.45) is 5.41 Å². The van der Waals surface area contributed by atoms with Crippen LogP contribution in [-0.4, -0.2) is 56.9 Å². The van der Waals surface area contributed by atoms with Gasteiger partial charge in [0.1, 0.15) is 0 Å². The summed E-state index contributed by atoms with van der Waals surface area (Å²) >= 11 is 0. The highest BCUT2D eigenvalue weighted by molar-refractivity contribution is 7.86. The number of ether oxygens (including phenoxy) is 1. The first-order valence-electron chi connectivity index (χ1n) is 5.46. The normalized spacial score (nSPS) is 20.5. The van der Waals surface area contributed by atoms with Crippen LogP contribution in [0.5, 0.6) is 0 Å². The van der Waals surface area contributed by atoms with E-state index in [1.54, 1.807) is 14.1 Å². The van der Waals surface area contributed by atoms with Crippen LogP contribution >= 0.6 is 0 Å². The van der Waals surface area contributed by atoms with Crippen LogP contribution in [0.15, 0.2) is 0 Å². The fraction of sp³-hybridized carbons (Fsp3) is 1.00. The predicted octanol–water partition coefficient (Wildman–Crippen LogP) is 0.540. The van der Waals surface area contributed by atoms with Crippen molar-refractivity contribution in [1.29, 1.82) is 0 Å². The molecule has 5 nitrogen and oxygen atoms in total. The van der Waals surface area contributed by atoms with E-state index >= 15 is 0 Å². The van der Waals surface area contributed by atoms with Gasteiger partial charge in [0, 0.05) is 32.1 Å². The number of nitrogens with zero attached hydrogens (tertiary/aromatic N) is 2. The Balaban J connectivity index is 2.68. The van der Waals surface area contributed by atoms with E-state index in [9.17, 15) is 8.42 Å². The van der Waals surface area contributed by atoms with Crippen LogP contribution in [0.1, 0.15) is 20.8 Å². The number of rotatable bonds is 5. The highest BCUT2D eigenvalue weighted by atomic mass is 32.2. The zero-order valence-corrected chi connectivity index (χ0v) is 11.5. The lowest BCUT2D eigenvalue weighted by atomic mass is 9.89. The molecule has 1 aliphatic rings. The minimum atomic E-state index is -3.34. The predicted molar refractivity (Wildman–Crippen MR) is 63.4 cm³/mol. The molecule has 1 aliphatic heterocycles. The lowest BCUT2D eigenvalue weighted by Crippen LogP contribution is -2.52. The molecule has 0 N–H and O–H groups in total. The standard InChI is InChI=1S/C10H22N2O3S/c1-9(2)12(5)16(13,14)11(4)6-10(3)7-15-8-10/h9H,6-8H2,1-5H3. The van der Waals surface area contributed by atoms with Crippen molar-refractivity contribution >= 4 is 10.2 Å². The Labute approximate surface area is 98.5 Å². The maximum absolute atomic E-state index is 12.1. The van der Waals surface area contributed by atoms with Gasteiger partial charge in [-0.2, -0.15) is 17.0 Å². The third-order valence-electron chi connectivity index (χ3n) is 2.99. The van der Waals surface area contributed by atoms with Crippen molar-refractivity contribution in [2.75, 3.05) is 33.9 Å². The summed E-state index contributed by atoms with van der Waals surface area (Å²) in [5.74, 6) is 0. The monoisotopic (exact) mass is 250 g/mol. The van der Waals surface area contributed by atoms with Gasteiger partial charge in [-0.1, -0.05) is 6.92 Å². The second-order valence-electron chi connectivity index (χ2n) is 5.18. The van der Waals surface area contributed by atoms with Crippen molar-refractivity contribution in [2.45, 2.75) is 26.8 Å². The van der Waals surface area contributed by atoms with Gasteiger partial charge in [-0.05, 0) is 13.8 Å². The molecular weight excluding hydrogens is 228 g/mol. The van der Waals surface area contributed by atoms with Gasteiger partial charge in [-0.15, -0.1) is 0 Å². The molecule has 1 saturated heterocycles. The first kappa shape index (κ1) is 13.9. The smallest absolute Gasteiger partial charge is 0.281 e. The molecule has 0 spiro atoms. The zero-order chi connectivity index (χ0) is 12.6. The van der Waals surface area contributed by atoms with Gasteiger partial charge in [0.25, 0.3) is 10.2 Å². The summed E-state index contributed by atoms with van der Waals surface area (Å²) < 4.78 is 32.1. The Hall–Kier alpha value is -0.170. The number of hydrogen-bond acceptors (Lipinski definition) is 3. The van der Waals surface area contributed by atoms with E-state index in [1.165, 1.54) is 8.61 Å². The average molecular weight is 250 g/mol. The van der Waals surface area contributed by atoms with Crippen molar-refractivity contribution in [3.05, 3.63) is 0 Å². The van der Waals surface area contributed by atoms with Crippen LogP contribution in [0.3, 0.4) is 0 Å². The minimum absolute atomic E-state index is 0.0281. The van der Waals surface area contributed by atoms with Gasteiger partial charge < -0.3 is 4.74 Å². The van der Waals surface area contributed by atoms with Crippen molar-refractivity contribution in [3.8, 4) is 0 Å². The molecule has 0 unspecified atom stereocenters. The summed E-state index contributed by atoms with van der Waals surface area (Å²) in [4.78, 5) is 0. The molecule has 0 atom stereocenters. The SMILES string of the molecule is CC(C)N(C)S(=O)(=O)N(C)CC1(C)COC1. The Morgan fingerprint density at radius 1 is 1.31 bits per heavy atom. The summed E-state index contributed by atoms with van der Waals surface area (Å²) in [6.45, 7) is 7.54. The maximum atomic E-state index is 12.1. The molecule has 0 aromatic heterocycles. The topological polar surface area (TPSA) is 49.9 Å². The molecule has 0 aliphatic carbocycles. The Bertz CT molecular complexity index is 336. The largest absolute Gasteiger partial charge is 0.380 e. The highest BCUT2D eigenvalue weighted by Crippen LogP contribution is 2.28. The Morgan fingerprint density at radius 3 is 2.12 bits per heavy atom. The second-order valence-corrected chi connectivity index (χ2v) is 7.27. The first-order valence-corrected chi connectivity index (χ1v) is 6.86. The van der Waals surface area contributed by atoms with Gasteiger partial charge in [0.05, 0.1) is 13.2 Å². The van der Waals surface area contributed by atoms with E-state index in [1.807, 2.05) is 20.8 Å². The van der Waals surface area contributed by atoms with E-state index in [0.29, 0.717) is 19.8 Å². The average Bonchev–Trinajstić information content (AvgIpc) is 2.13. The number of hydrogen-bond donors (Lipinski definition) is 0. The quantitative estimate of drug-likeness (QED) is 0.715. The van der Waals surface area contributed by atoms with Gasteiger partial charge in [0.2, 0.25) is 0 Å². The molecule has 1 heterocycles. The molecule has 16 heavy (non-hydrogen) atoms. The molecule has 1 fully saturated rings. The Morgan fingerprint density at radius 2 is 1.81 bits per heavy atom. The van der Waals surface area contributed by atoms with Crippen LogP contribution in [-0.2, 0) is 14.9 Å². The van der Waals surface area contributed by atoms with Crippen molar-refractivity contribution in [3.63, 3.8) is 0 Å². The summed E-state index contributed by atoms with van der Waals surface area (Å²) in [7, 11) is -0.106. The molecule has 0 amide bonds. The van der Waals surface area contributed by atoms with Crippen LogP contribution in [0, 0.1) is 5.41 Å². The van der Waals surface area contributed by atoms with Gasteiger partial charge in [-0.3, -0.25) is 0 Å². The minimum Gasteiger partial charge on any atom is -0.380 e. The molecule has 0 aromatic carbocycles. The summed E-state index contributed by atoms with van der Waals surface area (Å²) in [5, 5.41) is 0. The van der Waals surface area contributed by atoms with Gasteiger partial charge in [-0.25, -0.2) is 0 Å². The fourth-order valence-electron chi connectivity index (χ4n) is 1.65. The molecule has 0 bridgehead atoms. The maximum Gasteiger partial charge on any atom is 0.281 e. The van der Waals surface area contributed by atoms with Gasteiger partial charge in [0.15, 0.2) is 0 Å². The summed E-state index contributed by atoms with van der Waals surface area (Å²) in [5.41, 5.74) is -0.0281. The van der Waals surface area contributed by atoms with E-state index < -0.39 is 10.2 Å².